The lowest BCUT2D eigenvalue weighted by molar-refractivity contribution is 0.0498. The van der Waals surface area contributed by atoms with Crippen LogP contribution in [0.3, 0.4) is 0 Å². The third-order valence-corrected chi connectivity index (χ3v) is 3.39. The van der Waals surface area contributed by atoms with Gasteiger partial charge in [-0.25, -0.2) is 4.39 Å². The van der Waals surface area contributed by atoms with E-state index in [-0.39, 0.29) is 5.82 Å². The van der Waals surface area contributed by atoms with Crippen molar-refractivity contribution >= 4 is 15.9 Å². The molecule has 96 valence electrons. The molecule has 0 saturated heterocycles. The van der Waals surface area contributed by atoms with E-state index in [9.17, 15) is 9.50 Å². The molecule has 0 spiro atoms. The van der Waals surface area contributed by atoms with Crippen molar-refractivity contribution in [1.29, 1.82) is 0 Å². The second kappa shape index (κ2) is 6.47. The molecule has 0 fully saturated rings. The summed E-state index contributed by atoms with van der Waals surface area (Å²) >= 11 is 3.37. The lowest BCUT2D eigenvalue weighted by atomic mass is 10.0. The number of hydrogen-bond acceptors (Lipinski definition) is 2. The summed E-state index contributed by atoms with van der Waals surface area (Å²) in [5, 5.41) is 13.1. The summed E-state index contributed by atoms with van der Waals surface area (Å²) in [6.45, 7) is 4.89. The van der Waals surface area contributed by atoms with Gasteiger partial charge >= 0.3 is 0 Å². The van der Waals surface area contributed by atoms with Crippen molar-refractivity contribution in [1.82, 2.24) is 5.32 Å². The maximum Gasteiger partial charge on any atom is 0.123 e. The van der Waals surface area contributed by atoms with Gasteiger partial charge in [0.25, 0.3) is 0 Å². The Morgan fingerprint density at radius 3 is 2.82 bits per heavy atom. The minimum Gasteiger partial charge on any atom is -0.389 e. The first kappa shape index (κ1) is 14.6. The molecule has 0 aliphatic carbocycles. The van der Waals surface area contributed by atoms with E-state index >= 15 is 0 Å². The van der Waals surface area contributed by atoms with Crippen LogP contribution in [-0.4, -0.2) is 17.3 Å². The molecule has 1 aromatic carbocycles. The number of hydrogen-bond donors (Lipinski definition) is 2. The average Bonchev–Trinajstić information content (AvgIpc) is 2.23. The fraction of sp³-hybridized carbons (Fsp3) is 0.538. The molecule has 0 aromatic heterocycles. The van der Waals surface area contributed by atoms with Crippen LogP contribution < -0.4 is 5.32 Å². The van der Waals surface area contributed by atoms with Gasteiger partial charge in [0.15, 0.2) is 0 Å². The molecule has 1 unspecified atom stereocenters. The van der Waals surface area contributed by atoms with Crippen LogP contribution >= 0.6 is 15.9 Å². The molecule has 0 aliphatic rings. The highest BCUT2D eigenvalue weighted by Gasteiger charge is 2.18. The maximum atomic E-state index is 13.0. The van der Waals surface area contributed by atoms with Gasteiger partial charge in [0.1, 0.15) is 5.82 Å². The van der Waals surface area contributed by atoms with Crippen LogP contribution in [0.25, 0.3) is 0 Å². The predicted molar refractivity (Wildman–Crippen MR) is 71.3 cm³/mol. The molecule has 0 aliphatic heterocycles. The second-order valence-electron chi connectivity index (χ2n) is 4.59. The lowest BCUT2D eigenvalue weighted by Gasteiger charge is -2.23. The molecule has 0 amide bonds. The zero-order valence-corrected chi connectivity index (χ0v) is 11.8. The molecule has 0 saturated carbocycles. The van der Waals surface area contributed by atoms with Gasteiger partial charge in [-0.15, -0.1) is 0 Å². The van der Waals surface area contributed by atoms with Crippen LogP contribution in [0.4, 0.5) is 4.39 Å². The first-order valence-electron chi connectivity index (χ1n) is 5.81. The van der Waals surface area contributed by atoms with E-state index in [0.717, 1.165) is 22.9 Å². The molecule has 1 rings (SSSR count). The summed E-state index contributed by atoms with van der Waals surface area (Å²) in [7, 11) is 0. The summed E-state index contributed by atoms with van der Waals surface area (Å²) in [6.07, 6.45) is 1.70. The normalized spacial score (nSPS) is 14.6. The van der Waals surface area contributed by atoms with Crippen molar-refractivity contribution in [2.45, 2.75) is 38.8 Å². The zero-order chi connectivity index (χ0) is 12.9. The second-order valence-corrected chi connectivity index (χ2v) is 5.44. The topological polar surface area (TPSA) is 32.3 Å². The van der Waals surface area contributed by atoms with Crippen molar-refractivity contribution in [3.8, 4) is 0 Å². The van der Waals surface area contributed by atoms with Crippen molar-refractivity contribution in [3.05, 3.63) is 34.1 Å². The van der Waals surface area contributed by atoms with E-state index in [1.807, 2.05) is 13.8 Å². The molecule has 2 nitrogen and oxygen atoms in total. The van der Waals surface area contributed by atoms with Crippen LogP contribution in [-0.2, 0) is 6.54 Å². The third kappa shape index (κ3) is 5.15. The van der Waals surface area contributed by atoms with Crippen LogP contribution in [0.1, 0.15) is 32.3 Å². The molecule has 1 atom stereocenters. The third-order valence-electron chi connectivity index (χ3n) is 2.62. The van der Waals surface area contributed by atoms with E-state index in [1.54, 1.807) is 6.07 Å². The number of nitrogens with one attached hydrogen (secondary N) is 1. The summed E-state index contributed by atoms with van der Waals surface area (Å²) in [5.41, 5.74) is 0.159. The molecule has 4 heteroatoms. The highest BCUT2D eigenvalue weighted by atomic mass is 79.9. The van der Waals surface area contributed by atoms with Crippen LogP contribution in [0.5, 0.6) is 0 Å². The van der Waals surface area contributed by atoms with Crippen LogP contribution in [0, 0.1) is 5.82 Å². The molecule has 2 N–H and O–H groups in total. The van der Waals surface area contributed by atoms with Gasteiger partial charge in [-0.3, -0.25) is 0 Å². The van der Waals surface area contributed by atoms with E-state index in [2.05, 4.69) is 21.2 Å². The van der Waals surface area contributed by atoms with Gasteiger partial charge in [-0.1, -0.05) is 29.3 Å². The predicted octanol–water partition coefficient (Wildman–Crippen LogP) is 3.23. The Labute approximate surface area is 110 Å². The van der Waals surface area contributed by atoms with E-state index in [4.69, 9.17) is 0 Å². The highest BCUT2D eigenvalue weighted by molar-refractivity contribution is 9.10. The summed E-state index contributed by atoms with van der Waals surface area (Å²) < 4.78 is 13.9. The Morgan fingerprint density at radius 2 is 2.18 bits per heavy atom. The van der Waals surface area contributed by atoms with Crippen molar-refractivity contribution < 1.29 is 9.50 Å². The van der Waals surface area contributed by atoms with E-state index < -0.39 is 5.60 Å². The number of aliphatic hydroxyl groups is 1. The SMILES string of the molecule is CCCC(C)(O)CNCc1cc(F)ccc1Br. The van der Waals surface area contributed by atoms with Gasteiger partial charge in [0.05, 0.1) is 5.60 Å². The monoisotopic (exact) mass is 303 g/mol. The Morgan fingerprint density at radius 1 is 1.47 bits per heavy atom. The minimum absolute atomic E-state index is 0.245. The molecule has 1 aromatic rings. The Bertz CT molecular complexity index is 368. The van der Waals surface area contributed by atoms with Gasteiger partial charge in [0, 0.05) is 17.6 Å². The van der Waals surface area contributed by atoms with E-state index in [0.29, 0.717) is 13.1 Å². The number of rotatable bonds is 6. The van der Waals surface area contributed by atoms with Crippen molar-refractivity contribution in [3.63, 3.8) is 0 Å². The standard InChI is InChI=1S/C13H19BrFNO/c1-3-6-13(2,17)9-16-8-10-7-11(15)4-5-12(10)14/h4-5,7,16-17H,3,6,8-9H2,1-2H3. The lowest BCUT2D eigenvalue weighted by Crippen LogP contribution is -2.37. The van der Waals surface area contributed by atoms with Gasteiger partial charge in [0.2, 0.25) is 0 Å². The van der Waals surface area contributed by atoms with Crippen LogP contribution in [0.2, 0.25) is 0 Å². The number of halogens is 2. The van der Waals surface area contributed by atoms with Gasteiger partial charge in [-0.05, 0) is 37.1 Å². The Hall–Kier alpha value is -0.450. The first-order chi connectivity index (χ1) is 7.94. The average molecular weight is 304 g/mol. The van der Waals surface area contributed by atoms with Gasteiger partial charge < -0.3 is 10.4 Å². The quantitative estimate of drug-likeness (QED) is 0.846. The molecule has 0 radical (unpaired) electrons. The summed E-state index contributed by atoms with van der Waals surface area (Å²) in [5.74, 6) is -0.245. The minimum atomic E-state index is -0.700. The molecule has 17 heavy (non-hydrogen) atoms. The summed E-state index contributed by atoms with van der Waals surface area (Å²) in [6, 6.07) is 4.60. The molecule has 0 heterocycles. The Kier molecular flexibility index (Phi) is 5.56. The highest BCUT2D eigenvalue weighted by Crippen LogP contribution is 2.18. The van der Waals surface area contributed by atoms with Crippen LogP contribution in [0.15, 0.2) is 22.7 Å². The fourth-order valence-electron chi connectivity index (χ4n) is 1.77. The maximum absolute atomic E-state index is 13.0. The molecular weight excluding hydrogens is 285 g/mol. The zero-order valence-electron chi connectivity index (χ0n) is 10.3. The first-order valence-corrected chi connectivity index (χ1v) is 6.61. The number of benzene rings is 1. The van der Waals surface area contributed by atoms with Gasteiger partial charge in [-0.2, -0.15) is 0 Å². The van der Waals surface area contributed by atoms with E-state index in [1.165, 1.54) is 12.1 Å². The molecule has 0 bridgehead atoms. The fourth-order valence-corrected chi connectivity index (χ4v) is 2.16. The smallest absolute Gasteiger partial charge is 0.123 e. The Balaban J connectivity index is 2.48. The summed E-state index contributed by atoms with van der Waals surface area (Å²) in [4.78, 5) is 0. The largest absolute Gasteiger partial charge is 0.389 e. The van der Waals surface area contributed by atoms with Crippen molar-refractivity contribution in [2.75, 3.05) is 6.54 Å². The molecular formula is C13H19BrFNO. The van der Waals surface area contributed by atoms with Crippen molar-refractivity contribution in [2.24, 2.45) is 0 Å².